The van der Waals surface area contributed by atoms with Gasteiger partial charge in [-0.1, -0.05) is 12.1 Å². The Kier molecular flexibility index (Phi) is 5.72. The molecule has 0 unspecified atom stereocenters. The SMILES string of the molecule is Cl.O=C(O)C1=CC(C(=O)O)(C(=O)O)CC(c2cccc(C(=O)O)c2)=C1. The summed E-state index contributed by atoms with van der Waals surface area (Å²) in [5.41, 5.74) is -2.65. The Morgan fingerprint density at radius 3 is 2.00 bits per heavy atom. The molecule has 1 aliphatic carbocycles. The topological polar surface area (TPSA) is 149 Å². The molecule has 1 aromatic rings. The van der Waals surface area contributed by atoms with Crippen molar-refractivity contribution in [1.82, 2.24) is 0 Å². The molecule has 2 rings (SSSR count). The maximum atomic E-state index is 11.5. The largest absolute Gasteiger partial charge is 0.480 e. The van der Waals surface area contributed by atoms with E-state index in [0.717, 1.165) is 6.08 Å². The van der Waals surface area contributed by atoms with Gasteiger partial charge in [0, 0.05) is 6.42 Å². The molecule has 1 aliphatic rings. The molecule has 0 saturated heterocycles. The molecule has 4 N–H and O–H groups in total. The minimum atomic E-state index is -2.43. The van der Waals surface area contributed by atoms with Crippen LogP contribution in [0.25, 0.3) is 5.57 Å². The van der Waals surface area contributed by atoms with Crippen LogP contribution in [0.5, 0.6) is 0 Å². The second kappa shape index (κ2) is 7.18. The van der Waals surface area contributed by atoms with E-state index in [-0.39, 0.29) is 29.1 Å². The van der Waals surface area contributed by atoms with Crippen molar-refractivity contribution in [3.8, 4) is 0 Å². The van der Waals surface area contributed by atoms with Crippen molar-refractivity contribution in [2.24, 2.45) is 5.41 Å². The molecular weight excluding hydrogens is 356 g/mol. The Hall–Kier alpha value is -3.13. The Balaban J connectivity index is 0.00000312. The first-order valence-electron chi connectivity index (χ1n) is 6.64. The van der Waals surface area contributed by atoms with Crippen molar-refractivity contribution in [3.05, 3.63) is 53.1 Å². The lowest BCUT2D eigenvalue weighted by molar-refractivity contribution is -0.160. The van der Waals surface area contributed by atoms with Gasteiger partial charge in [0.25, 0.3) is 0 Å². The zero-order valence-electron chi connectivity index (χ0n) is 12.5. The number of aliphatic carboxylic acids is 3. The molecule has 0 aliphatic heterocycles. The zero-order valence-corrected chi connectivity index (χ0v) is 13.3. The van der Waals surface area contributed by atoms with Crippen molar-refractivity contribution >= 4 is 41.9 Å². The number of aromatic carboxylic acids is 1. The number of hydrogen-bond acceptors (Lipinski definition) is 4. The highest BCUT2D eigenvalue weighted by Crippen LogP contribution is 2.39. The maximum absolute atomic E-state index is 11.5. The molecule has 8 nitrogen and oxygen atoms in total. The molecule has 0 spiro atoms. The highest BCUT2D eigenvalue weighted by molar-refractivity contribution is 6.07. The monoisotopic (exact) mass is 368 g/mol. The van der Waals surface area contributed by atoms with E-state index in [4.69, 9.17) is 10.2 Å². The summed E-state index contributed by atoms with van der Waals surface area (Å²) in [4.78, 5) is 45.3. The average molecular weight is 369 g/mol. The Morgan fingerprint density at radius 2 is 1.52 bits per heavy atom. The van der Waals surface area contributed by atoms with E-state index in [1.807, 2.05) is 0 Å². The summed E-state index contributed by atoms with van der Waals surface area (Å²) in [6, 6.07) is 5.40. The normalized spacial score (nSPS) is 15.2. The van der Waals surface area contributed by atoms with E-state index < -0.39 is 41.3 Å². The van der Waals surface area contributed by atoms with Gasteiger partial charge in [-0.25, -0.2) is 9.59 Å². The molecule has 0 atom stereocenters. The molecule has 9 heteroatoms. The first kappa shape index (κ1) is 19.9. The summed E-state index contributed by atoms with van der Waals surface area (Å²) in [7, 11) is 0. The number of hydrogen-bond donors (Lipinski definition) is 4. The van der Waals surface area contributed by atoms with Gasteiger partial charge in [-0.05, 0) is 35.4 Å². The van der Waals surface area contributed by atoms with E-state index in [2.05, 4.69) is 0 Å². The van der Waals surface area contributed by atoms with Crippen molar-refractivity contribution in [2.45, 2.75) is 6.42 Å². The molecular formula is C16H13ClO8. The fourth-order valence-corrected chi connectivity index (χ4v) is 2.42. The van der Waals surface area contributed by atoms with Crippen LogP contribution in [0.2, 0.25) is 0 Å². The Morgan fingerprint density at radius 1 is 0.920 bits per heavy atom. The summed E-state index contributed by atoms with van der Waals surface area (Å²) < 4.78 is 0. The van der Waals surface area contributed by atoms with Gasteiger partial charge in [0.2, 0.25) is 0 Å². The number of carboxylic acids is 4. The average Bonchev–Trinajstić information content (AvgIpc) is 2.53. The van der Waals surface area contributed by atoms with Gasteiger partial charge in [-0.15, -0.1) is 12.4 Å². The summed E-state index contributed by atoms with van der Waals surface area (Å²) in [5.74, 6) is -6.10. The van der Waals surface area contributed by atoms with E-state index in [9.17, 15) is 29.4 Å². The lowest BCUT2D eigenvalue weighted by Crippen LogP contribution is -2.39. The Bertz CT molecular complexity index is 807. The summed E-state index contributed by atoms with van der Waals surface area (Å²) in [6.07, 6.45) is 1.33. The van der Waals surface area contributed by atoms with Crippen molar-refractivity contribution in [2.75, 3.05) is 0 Å². The lowest BCUT2D eigenvalue weighted by Gasteiger charge is -2.27. The molecule has 25 heavy (non-hydrogen) atoms. The number of carboxylic acid groups (broad SMARTS) is 4. The third-order valence-corrected chi connectivity index (χ3v) is 3.69. The number of rotatable bonds is 5. The van der Waals surface area contributed by atoms with Crippen LogP contribution in [0.3, 0.4) is 0 Å². The predicted molar refractivity (Wildman–Crippen MR) is 86.7 cm³/mol. The highest BCUT2D eigenvalue weighted by atomic mass is 35.5. The quantitative estimate of drug-likeness (QED) is 0.574. The fraction of sp³-hybridized carbons (Fsp3) is 0.125. The molecule has 0 heterocycles. The van der Waals surface area contributed by atoms with Crippen LogP contribution in [0.15, 0.2) is 42.0 Å². The second-order valence-electron chi connectivity index (χ2n) is 5.22. The molecule has 0 bridgehead atoms. The predicted octanol–water partition coefficient (Wildman–Crippen LogP) is 1.76. The molecule has 0 radical (unpaired) electrons. The van der Waals surface area contributed by atoms with Crippen molar-refractivity contribution in [1.29, 1.82) is 0 Å². The smallest absolute Gasteiger partial charge is 0.335 e. The fourth-order valence-electron chi connectivity index (χ4n) is 2.42. The van der Waals surface area contributed by atoms with Crippen LogP contribution in [-0.2, 0) is 14.4 Å². The van der Waals surface area contributed by atoms with Crippen LogP contribution < -0.4 is 0 Å². The minimum absolute atomic E-state index is 0. The highest BCUT2D eigenvalue weighted by Gasteiger charge is 2.48. The van der Waals surface area contributed by atoms with Gasteiger partial charge >= 0.3 is 23.9 Å². The minimum Gasteiger partial charge on any atom is -0.480 e. The van der Waals surface area contributed by atoms with Crippen molar-refractivity contribution < 1.29 is 39.6 Å². The Labute approximate surface area is 147 Å². The summed E-state index contributed by atoms with van der Waals surface area (Å²) in [5, 5.41) is 36.8. The third kappa shape index (κ3) is 3.69. The number of carbonyl (C=O) groups is 4. The number of halogens is 1. The molecule has 1 aromatic carbocycles. The summed E-state index contributed by atoms with van der Waals surface area (Å²) >= 11 is 0. The molecule has 0 fully saturated rings. The van der Waals surface area contributed by atoms with Crippen LogP contribution in [0.4, 0.5) is 0 Å². The lowest BCUT2D eigenvalue weighted by atomic mass is 9.74. The van der Waals surface area contributed by atoms with Gasteiger partial charge in [0.05, 0.1) is 11.1 Å². The van der Waals surface area contributed by atoms with Crippen LogP contribution in [-0.4, -0.2) is 44.3 Å². The maximum Gasteiger partial charge on any atom is 0.335 e. The second-order valence-corrected chi connectivity index (χ2v) is 5.22. The zero-order chi connectivity index (χ0) is 18.1. The third-order valence-electron chi connectivity index (χ3n) is 3.69. The van der Waals surface area contributed by atoms with Crippen LogP contribution >= 0.6 is 12.4 Å². The van der Waals surface area contributed by atoms with E-state index >= 15 is 0 Å². The molecule has 0 amide bonds. The van der Waals surface area contributed by atoms with Gasteiger partial charge < -0.3 is 20.4 Å². The van der Waals surface area contributed by atoms with Gasteiger partial charge in [-0.3, -0.25) is 9.59 Å². The van der Waals surface area contributed by atoms with Gasteiger partial charge in [0.15, 0.2) is 5.41 Å². The van der Waals surface area contributed by atoms with Crippen LogP contribution in [0, 0.1) is 5.41 Å². The van der Waals surface area contributed by atoms with E-state index in [1.165, 1.54) is 24.3 Å². The van der Waals surface area contributed by atoms with E-state index in [1.54, 1.807) is 0 Å². The van der Waals surface area contributed by atoms with Gasteiger partial charge in [-0.2, -0.15) is 0 Å². The number of benzene rings is 1. The van der Waals surface area contributed by atoms with Gasteiger partial charge in [0.1, 0.15) is 0 Å². The molecule has 132 valence electrons. The molecule has 0 aromatic heterocycles. The summed E-state index contributed by atoms with van der Waals surface area (Å²) in [6.45, 7) is 0. The van der Waals surface area contributed by atoms with E-state index in [0.29, 0.717) is 6.08 Å². The first-order chi connectivity index (χ1) is 11.2. The first-order valence-corrected chi connectivity index (χ1v) is 6.64. The molecule has 0 saturated carbocycles. The number of allylic oxidation sites excluding steroid dienone is 1. The standard InChI is InChI=1S/C16H12O8.ClH/c17-12(18)9-3-1-2-8(4-9)10-5-11(13(19)20)7-16(6-10,14(21)22)15(23)24;/h1-5,7H,6H2,(H,17,18)(H,19,20)(H,21,22)(H,23,24);1H. The van der Waals surface area contributed by atoms with Crippen molar-refractivity contribution in [3.63, 3.8) is 0 Å². The van der Waals surface area contributed by atoms with Crippen LogP contribution in [0.1, 0.15) is 22.3 Å².